The minimum Gasteiger partial charge on any atom is -0.391 e. The van der Waals surface area contributed by atoms with Crippen LogP contribution in [0.1, 0.15) is 25.7 Å². The number of nitrogens with zero attached hydrogens (tertiary/aromatic N) is 3. The van der Waals surface area contributed by atoms with Gasteiger partial charge in [-0.05, 0) is 25.0 Å². The number of rotatable bonds is 3. The summed E-state index contributed by atoms with van der Waals surface area (Å²) in [6.45, 7) is 0. The summed E-state index contributed by atoms with van der Waals surface area (Å²) in [5, 5.41) is 19.5. The van der Waals surface area contributed by atoms with Crippen LogP contribution in [0, 0.1) is 0 Å². The number of nitrogens with one attached hydrogen (secondary N) is 1. The molecule has 1 aromatic carbocycles. The molecule has 23 heavy (non-hydrogen) atoms. The summed E-state index contributed by atoms with van der Waals surface area (Å²) >= 11 is 7.42. The van der Waals surface area contributed by atoms with E-state index in [0.29, 0.717) is 5.02 Å². The van der Waals surface area contributed by atoms with Gasteiger partial charge in [0.15, 0.2) is 0 Å². The van der Waals surface area contributed by atoms with Gasteiger partial charge in [-0.15, -0.1) is 5.10 Å². The van der Waals surface area contributed by atoms with Gasteiger partial charge in [0.25, 0.3) is 0 Å². The van der Waals surface area contributed by atoms with E-state index < -0.39 is 0 Å². The van der Waals surface area contributed by atoms with Crippen LogP contribution in [0.3, 0.4) is 0 Å². The molecule has 2 aromatic heterocycles. The van der Waals surface area contributed by atoms with Crippen molar-refractivity contribution in [3.8, 4) is 11.3 Å². The Kier molecular flexibility index (Phi) is 3.97. The van der Waals surface area contributed by atoms with Gasteiger partial charge in [-0.3, -0.25) is 0 Å². The van der Waals surface area contributed by atoms with Crippen LogP contribution in [0.5, 0.6) is 0 Å². The second-order valence-electron chi connectivity index (χ2n) is 5.87. The molecular weight excluding hydrogens is 332 g/mol. The quantitative estimate of drug-likeness (QED) is 0.755. The Labute approximate surface area is 142 Å². The van der Waals surface area contributed by atoms with E-state index in [0.717, 1.165) is 47.0 Å². The summed E-state index contributed by atoms with van der Waals surface area (Å²) in [5.41, 5.74) is 1.90. The first kappa shape index (κ1) is 14.9. The summed E-state index contributed by atoms with van der Waals surface area (Å²) in [6, 6.07) is 7.71. The summed E-state index contributed by atoms with van der Waals surface area (Å²) in [5.74, 6) is 0. The van der Waals surface area contributed by atoms with Gasteiger partial charge in [0.1, 0.15) is 0 Å². The van der Waals surface area contributed by atoms with Crippen molar-refractivity contribution in [1.29, 1.82) is 0 Å². The van der Waals surface area contributed by atoms with E-state index in [1.165, 1.54) is 11.3 Å². The number of hydrogen-bond acceptors (Lipinski definition) is 5. The SMILES string of the molecule is OC1CCCCC1Nc1nn2cc(-c3ccc(Cl)cc3)nc2s1. The zero-order chi connectivity index (χ0) is 15.8. The molecule has 5 nitrogen and oxygen atoms in total. The summed E-state index contributed by atoms with van der Waals surface area (Å²) in [6.07, 6.45) is 5.73. The van der Waals surface area contributed by atoms with Gasteiger partial charge in [0.05, 0.1) is 24.0 Å². The number of aliphatic hydroxyl groups is 1. The molecule has 3 aromatic rings. The maximum Gasteiger partial charge on any atom is 0.214 e. The zero-order valence-corrected chi connectivity index (χ0v) is 14.0. The summed E-state index contributed by atoms with van der Waals surface area (Å²) in [4.78, 5) is 5.45. The molecule has 2 atom stereocenters. The third-order valence-corrected chi connectivity index (χ3v) is 5.33. The number of aromatic nitrogens is 3. The van der Waals surface area contributed by atoms with E-state index in [1.807, 2.05) is 30.5 Å². The highest BCUT2D eigenvalue weighted by molar-refractivity contribution is 7.20. The van der Waals surface area contributed by atoms with Crippen LogP contribution in [0.15, 0.2) is 30.5 Å². The molecule has 1 aliphatic carbocycles. The van der Waals surface area contributed by atoms with Crippen molar-refractivity contribution in [2.24, 2.45) is 0 Å². The van der Waals surface area contributed by atoms with Crippen LogP contribution in [-0.2, 0) is 0 Å². The van der Waals surface area contributed by atoms with E-state index in [4.69, 9.17) is 11.6 Å². The predicted octanol–water partition coefficient (Wildman–Crippen LogP) is 3.83. The second kappa shape index (κ2) is 6.11. The van der Waals surface area contributed by atoms with Gasteiger partial charge in [-0.1, -0.05) is 47.9 Å². The molecule has 0 spiro atoms. The van der Waals surface area contributed by atoms with Gasteiger partial charge < -0.3 is 10.4 Å². The Morgan fingerprint density at radius 2 is 2.00 bits per heavy atom. The fourth-order valence-electron chi connectivity index (χ4n) is 2.96. The van der Waals surface area contributed by atoms with E-state index in [9.17, 15) is 5.11 Å². The van der Waals surface area contributed by atoms with Crippen LogP contribution in [0.25, 0.3) is 16.2 Å². The van der Waals surface area contributed by atoms with Gasteiger partial charge in [-0.25, -0.2) is 9.50 Å². The van der Waals surface area contributed by atoms with Gasteiger partial charge in [-0.2, -0.15) is 0 Å². The number of anilines is 1. The van der Waals surface area contributed by atoms with E-state index >= 15 is 0 Å². The van der Waals surface area contributed by atoms with Gasteiger partial charge in [0.2, 0.25) is 10.1 Å². The molecule has 4 rings (SSSR count). The number of aliphatic hydroxyl groups excluding tert-OH is 1. The lowest BCUT2D eigenvalue weighted by Crippen LogP contribution is -2.36. The van der Waals surface area contributed by atoms with E-state index in [1.54, 1.807) is 4.52 Å². The highest BCUT2D eigenvalue weighted by atomic mass is 35.5. The third kappa shape index (κ3) is 3.06. The second-order valence-corrected chi connectivity index (χ2v) is 7.26. The van der Waals surface area contributed by atoms with Crippen molar-refractivity contribution in [2.45, 2.75) is 37.8 Å². The fraction of sp³-hybridized carbons (Fsp3) is 0.375. The molecule has 1 saturated carbocycles. The molecule has 2 unspecified atom stereocenters. The molecule has 2 heterocycles. The maximum absolute atomic E-state index is 10.1. The monoisotopic (exact) mass is 348 g/mol. The van der Waals surface area contributed by atoms with Crippen LogP contribution in [0.4, 0.5) is 5.13 Å². The predicted molar refractivity (Wildman–Crippen MR) is 93.2 cm³/mol. The lowest BCUT2D eigenvalue weighted by atomic mass is 9.93. The standard InChI is InChI=1S/C16H17ClN4OS/c17-11-7-5-10(6-8-11)13-9-21-16(19-13)23-15(20-21)18-12-3-1-2-4-14(12)22/h5-9,12,14,22H,1-4H2,(H,18,20). The van der Waals surface area contributed by atoms with E-state index in [2.05, 4.69) is 15.4 Å². The smallest absolute Gasteiger partial charge is 0.214 e. The first-order chi connectivity index (χ1) is 11.2. The molecule has 1 fully saturated rings. The molecule has 0 aliphatic heterocycles. The van der Waals surface area contributed by atoms with Crippen molar-refractivity contribution >= 4 is 33.0 Å². The van der Waals surface area contributed by atoms with Crippen LogP contribution >= 0.6 is 22.9 Å². The highest BCUT2D eigenvalue weighted by Gasteiger charge is 2.24. The highest BCUT2D eigenvalue weighted by Crippen LogP contribution is 2.28. The molecule has 2 N–H and O–H groups in total. The summed E-state index contributed by atoms with van der Waals surface area (Å²) in [7, 11) is 0. The Hall–Kier alpha value is -1.63. The normalized spacial score (nSPS) is 21.7. The topological polar surface area (TPSA) is 62.5 Å². The average molecular weight is 349 g/mol. The molecule has 7 heteroatoms. The van der Waals surface area contributed by atoms with Crippen LogP contribution in [0.2, 0.25) is 5.02 Å². The maximum atomic E-state index is 10.1. The molecule has 0 saturated heterocycles. The lowest BCUT2D eigenvalue weighted by molar-refractivity contribution is 0.116. The van der Waals surface area contributed by atoms with Crippen molar-refractivity contribution in [3.05, 3.63) is 35.5 Å². The van der Waals surface area contributed by atoms with E-state index in [-0.39, 0.29) is 12.1 Å². The van der Waals surface area contributed by atoms with Gasteiger partial charge in [0, 0.05) is 10.6 Å². The number of halogens is 1. The van der Waals surface area contributed by atoms with Crippen molar-refractivity contribution in [3.63, 3.8) is 0 Å². The Morgan fingerprint density at radius 3 is 2.74 bits per heavy atom. The first-order valence-electron chi connectivity index (χ1n) is 7.76. The Bertz CT molecular complexity index is 782. The molecule has 1 aliphatic rings. The number of hydrogen-bond donors (Lipinski definition) is 2. The van der Waals surface area contributed by atoms with Crippen LogP contribution < -0.4 is 5.32 Å². The Morgan fingerprint density at radius 1 is 1.22 bits per heavy atom. The third-order valence-electron chi connectivity index (χ3n) is 4.22. The molecule has 0 amide bonds. The summed E-state index contributed by atoms with van der Waals surface area (Å²) < 4.78 is 1.78. The molecule has 0 bridgehead atoms. The lowest BCUT2D eigenvalue weighted by Gasteiger charge is -2.27. The minimum atomic E-state index is -0.287. The number of fused-ring (bicyclic) bond motifs is 1. The largest absolute Gasteiger partial charge is 0.391 e. The number of benzene rings is 1. The average Bonchev–Trinajstić information content (AvgIpc) is 3.09. The number of imidazole rings is 1. The van der Waals surface area contributed by atoms with Crippen molar-refractivity contribution in [1.82, 2.24) is 14.6 Å². The zero-order valence-electron chi connectivity index (χ0n) is 12.4. The van der Waals surface area contributed by atoms with Gasteiger partial charge >= 0.3 is 0 Å². The molecule has 0 radical (unpaired) electrons. The molecule has 120 valence electrons. The Balaban J connectivity index is 1.55. The molecular formula is C16H17ClN4OS. The minimum absolute atomic E-state index is 0.0929. The first-order valence-corrected chi connectivity index (χ1v) is 8.95. The van der Waals surface area contributed by atoms with Crippen LogP contribution in [-0.4, -0.2) is 31.9 Å². The van der Waals surface area contributed by atoms with Crippen molar-refractivity contribution < 1.29 is 5.11 Å². The fourth-order valence-corrected chi connectivity index (χ4v) is 3.93. The van der Waals surface area contributed by atoms with Crippen molar-refractivity contribution in [2.75, 3.05) is 5.32 Å².